The molecule has 56 heavy (non-hydrogen) atoms. The molecule has 10 aromatic rings. The zero-order valence-electron chi connectivity index (χ0n) is 30.8. The van der Waals surface area contributed by atoms with Crippen molar-refractivity contribution in [2.45, 2.75) is 0 Å². The second-order valence-corrected chi connectivity index (χ2v) is 14.2. The molecule has 0 bridgehead atoms. The lowest BCUT2D eigenvalue weighted by atomic mass is 9.93. The number of hydrogen-bond donors (Lipinski definition) is 0. The van der Waals surface area contributed by atoms with Gasteiger partial charge in [-0.05, 0) is 93.5 Å². The van der Waals surface area contributed by atoms with Gasteiger partial charge in [-0.3, -0.25) is 0 Å². The van der Waals surface area contributed by atoms with Crippen LogP contribution >= 0.6 is 0 Å². The minimum absolute atomic E-state index is 1.09. The van der Waals surface area contributed by atoms with Crippen LogP contribution in [0.5, 0.6) is 0 Å². The first kappa shape index (κ1) is 33.2. The molecule has 0 atom stereocenters. The predicted molar refractivity (Wildman–Crippen MR) is 239 cm³/mol. The van der Waals surface area contributed by atoms with E-state index in [0.717, 1.165) is 61.6 Å². The molecule has 0 heterocycles. The van der Waals surface area contributed by atoms with Crippen LogP contribution in [0.15, 0.2) is 231 Å². The third-order valence-electron chi connectivity index (χ3n) is 10.8. The quantitative estimate of drug-likeness (QED) is 0.155. The summed E-state index contributed by atoms with van der Waals surface area (Å²) in [6.45, 7) is 0. The second kappa shape index (κ2) is 14.4. The second-order valence-electron chi connectivity index (χ2n) is 14.2. The Balaban J connectivity index is 1.35. The fraction of sp³-hybridized carbons (Fsp3) is 0. The zero-order valence-corrected chi connectivity index (χ0v) is 30.8. The summed E-state index contributed by atoms with van der Waals surface area (Å²) in [5.74, 6) is 0. The van der Waals surface area contributed by atoms with Gasteiger partial charge in [0, 0.05) is 33.1 Å². The van der Waals surface area contributed by atoms with E-state index in [4.69, 9.17) is 0 Å². The average Bonchev–Trinajstić information content (AvgIpc) is 3.28. The van der Waals surface area contributed by atoms with Crippen molar-refractivity contribution < 1.29 is 0 Å². The number of hydrogen-bond acceptors (Lipinski definition) is 2. The van der Waals surface area contributed by atoms with Gasteiger partial charge in [-0.1, -0.05) is 170 Å². The van der Waals surface area contributed by atoms with Crippen LogP contribution in [0.3, 0.4) is 0 Å². The van der Waals surface area contributed by atoms with Gasteiger partial charge in [-0.25, -0.2) is 0 Å². The Morgan fingerprint density at radius 2 is 0.679 bits per heavy atom. The lowest BCUT2D eigenvalue weighted by molar-refractivity contribution is 1.29. The van der Waals surface area contributed by atoms with Gasteiger partial charge in [-0.2, -0.15) is 0 Å². The molecular formula is C54H38N2. The van der Waals surface area contributed by atoms with E-state index in [0.29, 0.717) is 0 Å². The third kappa shape index (κ3) is 6.04. The van der Waals surface area contributed by atoms with Gasteiger partial charge in [0.15, 0.2) is 0 Å². The first-order valence-corrected chi connectivity index (χ1v) is 19.2. The van der Waals surface area contributed by atoms with Gasteiger partial charge < -0.3 is 9.80 Å². The van der Waals surface area contributed by atoms with Gasteiger partial charge in [-0.15, -0.1) is 0 Å². The van der Waals surface area contributed by atoms with Gasteiger partial charge in [0.05, 0.1) is 22.7 Å². The molecule has 10 rings (SSSR count). The van der Waals surface area contributed by atoms with Gasteiger partial charge in [0.25, 0.3) is 0 Å². The number of nitrogens with zero attached hydrogens (tertiary/aromatic N) is 2. The monoisotopic (exact) mass is 714 g/mol. The van der Waals surface area contributed by atoms with Gasteiger partial charge >= 0.3 is 0 Å². The molecule has 0 unspecified atom stereocenters. The molecule has 0 aromatic heterocycles. The maximum absolute atomic E-state index is 2.45. The number of para-hydroxylation sites is 2. The highest BCUT2D eigenvalue weighted by Gasteiger charge is 2.24. The van der Waals surface area contributed by atoms with Crippen LogP contribution in [0.4, 0.5) is 34.1 Å². The molecule has 0 fully saturated rings. The Labute approximate surface area is 327 Å². The van der Waals surface area contributed by atoms with Gasteiger partial charge in [0.2, 0.25) is 0 Å². The van der Waals surface area contributed by atoms with E-state index < -0.39 is 0 Å². The number of rotatable bonds is 8. The fourth-order valence-corrected chi connectivity index (χ4v) is 8.17. The van der Waals surface area contributed by atoms with Crippen molar-refractivity contribution >= 4 is 66.4 Å². The van der Waals surface area contributed by atoms with Crippen LogP contribution in [0.2, 0.25) is 0 Å². The molecule has 0 aliphatic carbocycles. The van der Waals surface area contributed by atoms with E-state index in [1.807, 2.05) is 0 Å². The normalized spacial score (nSPS) is 11.2. The summed E-state index contributed by atoms with van der Waals surface area (Å²) < 4.78 is 0. The summed E-state index contributed by atoms with van der Waals surface area (Å²) in [5.41, 5.74) is 11.3. The average molecular weight is 715 g/mol. The maximum Gasteiger partial charge on any atom is 0.0547 e. The summed E-state index contributed by atoms with van der Waals surface area (Å²) in [7, 11) is 0. The van der Waals surface area contributed by atoms with Crippen molar-refractivity contribution in [3.8, 4) is 22.3 Å². The predicted octanol–water partition coefficient (Wildman–Crippen LogP) is 15.4. The standard InChI is InChI=1S/C54H38N2/c1-5-19-39(20-6-1)43-35-44-36-49(42-21-7-2-8-22-42)54(56(46-29-11-4-12-30-46)52-34-18-26-41-24-14-16-32-48(41)52)38-50(44)53(37-43)55(45-27-9-3-10-28-45)51-33-17-25-40-23-13-15-31-47(40)51/h1-38H. The van der Waals surface area contributed by atoms with E-state index in [-0.39, 0.29) is 0 Å². The topological polar surface area (TPSA) is 6.48 Å². The number of anilines is 6. The highest BCUT2D eigenvalue weighted by molar-refractivity contribution is 6.11. The Morgan fingerprint density at radius 1 is 0.232 bits per heavy atom. The van der Waals surface area contributed by atoms with E-state index in [1.165, 1.54) is 27.1 Å². The molecule has 0 saturated carbocycles. The molecule has 0 aliphatic heterocycles. The molecule has 0 spiro atoms. The van der Waals surface area contributed by atoms with Crippen LogP contribution < -0.4 is 9.80 Å². The maximum atomic E-state index is 2.45. The largest absolute Gasteiger partial charge is 0.309 e. The Bertz CT molecular complexity index is 2950. The summed E-state index contributed by atoms with van der Waals surface area (Å²) in [4.78, 5) is 4.90. The van der Waals surface area contributed by atoms with Crippen molar-refractivity contribution in [1.29, 1.82) is 0 Å². The van der Waals surface area contributed by atoms with E-state index in [1.54, 1.807) is 0 Å². The lowest BCUT2D eigenvalue weighted by Gasteiger charge is -2.32. The summed E-state index contributed by atoms with van der Waals surface area (Å²) in [6, 6.07) is 83.4. The molecule has 2 nitrogen and oxygen atoms in total. The minimum atomic E-state index is 1.09. The molecule has 0 aliphatic rings. The molecule has 2 heteroatoms. The highest BCUT2D eigenvalue weighted by atomic mass is 15.2. The summed E-state index contributed by atoms with van der Waals surface area (Å²) >= 11 is 0. The Hall–Kier alpha value is -7.42. The van der Waals surface area contributed by atoms with E-state index in [9.17, 15) is 0 Å². The molecule has 10 aromatic carbocycles. The van der Waals surface area contributed by atoms with Gasteiger partial charge in [0.1, 0.15) is 0 Å². The van der Waals surface area contributed by atoms with Crippen molar-refractivity contribution in [2.75, 3.05) is 9.80 Å². The van der Waals surface area contributed by atoms with Crippen molar-refractivity contribution in [2.24, 2.45) is 0 Å². The molecule has 0 N–H and O–H groups in total. The van der Waals surface area contributed by atoms with Crippen LogP contribution in [0.25, 0.3) is 54.6 Å². The molecule has 264 valence electrons. The van der Waals surface area contributed by atoms with Crippen molar-refractivity contribution in [3.63, 3.8) is 0 Å². The summed E-state index contributed by atoms with van der Waals surface area (Å²) in [5, 5.41) is 7.10. The van der Waals surface area contributed by atoms with E-state index >= 15 is 0 Å². The van der Waals surface area contributed by atoms with Crippen molar-refractivity contribution in [3.05, 3.63) is 231 Å². The highest BCUT2D eigenvalue weighted by Crippen LogP contribution is 2.49. The molecular weight excluding hydrogens is 677 g/mol. The third-order valence-corrected chi connectivity index (χ3v) is 10.8. The van der Waals surface area contributed by atoms with E-state index in [2.05, 4.69) is 240 Å². The summed E-state index contributed by atoms with van der Waals surface area (Å²) in [6.07, 6.45) is 0. The number of benzene rings is 10. The lowest BCUT2D eigenvalue weighted by Crippen LogP contribution is -2.13. The van der Waals surface area contributed by atoms with Crippen molar-refractivity contribution in [1.82, 2.24) is 0 Å². The molecule has 0 amide bonds. The van der Waals surface area contributed by atoms with Crippen LogP contribution in [-0.2, 0) is 0 Å². The zero-order chi connectivity index (χ0) is 37.3. The Kier molecular flexibility index (Phi) is 8.55. The van der Waals surface area contributed by atoms with Crippen LogP contribution in [0.1, 0.15) is 0 Å². The first-order valence-electron chi connectivity index (χ1n) is 19.2. The smallest absolute Gasteiger partial charge is 0.0547 e. The fourth-order valence-electron chi connectivity index (χ4n) is 8.17. The van der Waals surface area contributed by atoms with Crippen LogP contribution in [-0.4, -0.2) is 0 Å². The SMILES string of the molecule is c1ccc(-c2cc(N(c3ccccc3)c3cccc4ccccc34)c3cc(N(c4ccccc4)c4cccc5ccccc45)c(-c4ccccc4)cc3c2)cc1. The molecule has 0 radical (unpaired) electrons. The Morgan fingerprint density at radius 3 is 1.23 bits per heavy atom. The first-order chi connectivity index (χ1) is 27.8. The number of fused-ring (bicyclic) bond motifs is 3. The molecule has 0 saturated heterocycles. The minimum Gasteiger partial charge on any atom is -0.309 e. The van der Waals surface area contributed by atoms with Crippen LogP contribution in [0, 0.1) is 0 Å².